The van der Waals surface area contributed by atoms with Crippen LogP contribution in [-0.4, -0.2) is 9.38 Å². The summed E-state index contributed by atoms with van der Waals surface area (Å²) in [6, 6.07) is 22.8. The second-order valence-electron chi connectivity index (χ2n) is 6.62. The highest BCUT2D eigenvalue weighted by Crippen LogP contribution is 2.25. The Bertz CT molecular complexity index is 1030. The van der Waals surface area contributed by atoms with Crippen LogP contribution in [-0.2, 0) is 19.5 Å². The Kier molecular flexibility index (Phi) is 5.23. The molecule has 27 heavy (non-hydrogen) atoms. The van der Waals surface area contributed by atoms with Crippen molar-refractivity contribution in [3.8, 4) is 11.3 Å². The number of hydrogen-bond acceptors (Lipinski definition) is 2. The lowest BCUT2D eigenvalue weighted by molar-refractivity contribution is 0.677. The van der Waals surface area contributed by atoms with E-state index in [4.69, 9.17) is 16.6 Å². The third-order valence-electron chi connectivity index (χ3n) is 4.80. The monoisotopic (exact) mass is 375 g/mol. The standard InChI is InChI=1S/C23H22ClN3/c1-2-17-6-10-19(11-7-17)23-21(27-14-4-3-5-22(27)26-23)16-25-15-18-8-12-20(24)13-9-18/h3-14,25H,2,15-16H2,1H3. The molecule has 0 bridgehead atoms. The number of aryl methyl sites for hydroxylation is 1. The van der Waals surface area contributed by atoms with Gasteiger partial charge in [-0.3, -0.25) is 0 Å². The van der Waals surface area contributed by atoms with Crippen LogP contribution < -0.4 is 5.32 Å². The summed E-state index contributed by atoms with van der Waals surface area (Å²) in [5.41, 5.74) is 6.87. The quantitative estimate of drug-likeness (QED) is 0.481. The summed E-state index contributed by atoms with van der Waals surface area (Å²) in [6.45, 7) is 3.69. The molecule has 0 spiro atoms. The summed E-state index contributed by atoms with van der Waals surface area (Å²) in [4.78, 5) is 4.88. The van der Waals surface area contributed by atoms with Gasteiger partial charge in [0.2, 0.25) is 0 Å². The summed E-state index contributed by atoms with van der Waals surface area (Å²) in [7, 11) is 0. The van der Waals surface area contributed by atoms with Gasteiger partial charge in [-0.1, -0.05) is 61.0 Å². The van der Waals surface area contributed by atoms with Crippen LogP contribution in [0.4, 0.5) is 0 Å². The van der Waals surface area contributed by atoms with Crippen molar-refractivity contribution < 1.29 is 0 Å². The first kappa shape index (κ1) is 17.8. The van der Waals surface area contributed by atoms with Crippen LogP contribution in [0, 0.1) is 0 Å². The average Bonchev–Trinajstić information content (AvgIpc) is 3.08. The number of fused-ring (bicyclic) bond motifs is 1. The number of halogens is 1. The van der Waals surface area contributed by atoms with Gasteiger partial charge in [0.1, 0.15) is 5.65 Å². The van der Waals surface area contributed by atoms with E-state index in [0.29, 0.717) is 0 Å². The van der Waals surface area contributed by atoms with Crippen LogP contribution in [0.25, 0.3) is 16.9 Å². The van der Waals surface area contributed by atoms with Crippen molar-refractivity contribution in [3.05, 3.63) is 94.8 Å². The van der Waals surface area contributed by atoms with Gasteiger partial charge >= 0.3 is 0 Å². The molecule has 0 unspecified atom stereocenters. The molecule has 4 rings (SSSR count). The minimum absolute atomic E-state index is 0.735. The fourth-order valence-electron chi connectivity index (χ4n) is 3.27. The van der Waals surface area contributed by atoms with Gasteiger partial charge in [0.05, 0.1) is 11.4 Å². The molecule has 0 atom stereocenters. The van der Waals surface area contributed by atoms with E-state index < -0.39 is 0 Å². The van der Waals surface area contributed by atoms with Gasteiger partial charge in [-0.15, -0.1) is 0 Å². The summed E-state index contributed by atoms with van der Waals surface area (Å²) >= 11 is 5.97. The molecule has 0 saturated heterocycles. The van der Waals surface area contributed by atoms with Crippen LogP contribution in [0.1, 0.15) is 23.7 Å². The van der Waals surface area contributed by atoms with Crippen molar-refractivity contribution in [2.24, 2.45) is 0 Å². The molecule has 0 aliphatic heterocycles. The lowest BCUT2D eigenvalue weighted by Gasteiger charge is -2.08. The number of benzene rings is 2. The van der Waals surface area contributed by atoms with Crippen molar-refractivity contribution in [2.45, 2.75) is 26.4 Å². The molecule has 2 aromatic heterocycles. The summed E-state index contributed by atoms with van der Waals surface area (Å²) in [5, 5.41) is 4.31. The normalized spacial score (nSPS) is 11.2. The smallest absolute Gasteiger partial charge is 0.137 e. The van der Waals surface area contributed by atoms with Gasteiger partial charge in [0, 0.05) is 29.9 Å². The number of hydrogen-bond donors (Lipinski definition) is 1. The van der Waals surface area contributed by atoms with E-state index in [1.807, 2.05) is 42.5 Å². The summed E-state index contributed by atoms with van der Waals surface area (Å²) < 4.78 is 2.16. The van der Waals surface area contributed by atoms with E-state index in [-0.39, 0.29) is 0 Å². The third kappa shape index (κ3) is 3.90. The number of imidazole rings is 1. The Morgan fingerprint density at radius 1 is 0.889 bits per heavy atom. The number of aromatic nitrogens is 2. The first-order valence-electron chi connectivity index (χ1n) is 9.25. The molecule has 136 valence electrons. The highest BCUT2D eigenvalue weighted by molar-refractivity contribution is 6.30. The fraction of sp³-hybridized carbons (Fsp3) is 0.174. The van der Waals surface area contributed by atoms with E-state index >= 15 is 0 Å². The zero-order valence-corrected chi connectivity index (χ0v) is 16.1. The molecule has 0 saturated carbocycles. The second-order valence-corrected chi connectivity index (χ2v) is 7.05. The van der Waals surface area contributed by atoms with Crippen LogP contribution in [0.3, 0.4) is 0 Å². The van der Waals surface area contributed by atoms with E-state index in [9.17, 15) is 0 Å². The Morgan fingerprint density at radius 2 is 1.63 bits per heavy atom. The minimum atomic E-state index is 0.735. The predicted molar refractivity (Wildman–Crippen MR) is 112 cm³/mol. The van der Waals surface area contributed by atoms with Gasteiger partial charge in [0.15, 0.2) is 0 Å². The van der Waals surface area contributed by atoms with Crippen molar-refractivity contribution in [1.82, 2.24) is 14.7 Å². The molecule has 2 aromatic carbocycles. The van der Waals surface area contributed by atoms with Crippen LogP contribution in [0.15, 0.2) is 72.9 Å². The maximum Gasteiger partial charge on any atom is 0.137 e. The molecule has 4 aromatic rings. The van der Waals surface area contributed by atoms with Gasteiger partial charge in [-0.2, -0.15) is 0 Å². The van der Waals surface area contributed by atoms with Crippen LogP contribution in [0.5, 0.6) is 0 Å². The maximum absolute atomic E-state index is 5.97. The van der Waals surface area contributed by atoms with Crippen LogP contribution >= 0.6 is 11.6 Å². The topological polar surface area (TPSA) is 29.3 Å². The highest BCUT2D eigenvalue weighted by atomic mass is 35.5. The van der Waals surface area contributed by atoms with Gasteiger partial charge in [0.25, 0.3) is 0 Å². The first-order valence-corrected chi connectivity index (χ1v) is 9.63. The minimum Gasteiger partial charge on any atom is -0.307 e. The molecule has 0 radical (unpaired) electrons. The molecule has 2 heterocycles. The largest absolute Gasteiger partial charge is 0.307 e. The molecule has 0 fully saturated rings. The van der Waals surface area contributed by atoms with E-state index in [2.05, 4.69) is 47.1 Å². The predicted octanol–water partition coefficient (Wildman–Crippen LogP) is 5.51. The van der Waals surface area contributed by atoms with Crippen LogP contribution in [0.2, 0.25) is 5.02 Å². The van der Waals surface area contributed by atoms with E-state index in [1.165, 1.54) is 16.8 Å². The SMILES string of the molecule is CCc1ccc(-c2nc3ccccn3c2CNCc2ccc(Cl)cc2)cc1. The zero-order valence-electron chi connectivity index (χ0n) is 15.3. The van der Waals surface area contributed by atoms with Crippen molar-refractivity contribution >= 4 is 17.2 Å². The van der Waals surface area contributed by atoms with Crippen molar-refractivity contribution in [2.75, 3.05) is 0 Å². The Labute approximate surface area is 164 Å². The zero-order chi connectivity index (χ0) is 18.6. The van der Waals surface area contributed by atoms with E-state index in [0.717, 1.165) is 41.4 Å². The van der Waals surface area contributed by atoms with E-state index in [1.54, 1.807) is 0 Å². The molecular weight excluding hydrogens is 354 g/mol. The third-order valence-corrected chi connectivity index (χ3v) is 5.05. The number of pyridine rings is 1. The molecule has 4 heteroatoms. The molecule has 3 nitrogen and oxygen atoms in total. The fourth-order valence-corrected chi connectivity index (χ4v) is 3.40. The van der Waals surface area contributed by atoms with Gasteiger partial charge < -0.3 is 9.72 Å². The lowest BCUT2D eigenvalue weighted by atomic mass is 10.1. The molecule has 0 aliphatic rings. The Morgan fingerprint density at radius 3 is 2.37 bits per heavy atom. The number of nitrogens with one attached hydrogen (secondary N) is 1. The van der Waals surface area contributed by atoms with Crippen molar-refractivity contribution in [3.63, 3.8) is 0 Å². The Hall–Kier alpha value is -2.62. The summed E-state index contributed by atoms with van der Waals surface area (Å²) in [5.74, 6) is 0. The second kappa shape index (κ2) is 7.95. The van der Waals surface area contributed by atoms with Gasteiger partial charge in [-0.25, -0.2) is 4.98 Å². The number of rotatable bonds is 6. The molecule has 0 amide bonds. The molecular formula is C23H22ClN3. The molecule has 0 aliphatic carbocycles. The molecule has 1 N–H and O–H groups in total. The summed E-state index contributed by atoms with van der Waals surface area (Å²) in [6.07, 6.45) is 3.12. The number of nitrogens with zero attached hydrogens (tertiary/aromatic N) is 2. The van der Waals surface area contributed by atoms with Crippen molar-refractivity contribution in [1.29, 1.82) is 0 Å². The highest BCUT2D eigenvalue weighted by Gasteiger charge is 2.13. The Balaban J connectivity index is 1.62. The first-order chi connectivity index (χ1) is 13.2. The van der Waals surface area contributed by atoms with Gasteiger partial charge in [-0.05, 0) is 41.8 Å². The maximum atomic E-state index is 5.97. The average molecular weight is 376 g/mol. The lowest BCUT2D eigenvalue weighted by Crippen LogP contribution is -2.14.